The van der Waals surface area contributed by atoms with Crippen molar-refractivity contribution >= 4 is 28.9 Å². The molecule has 1 aliphatic carbocycles. The Kier molecular flexibility index (Phi) is 5.56. The van der Waals surface area contributed by atoms with Crippen LogP contribution < -0.4 is 15.4 Å². The molecule has 1 atom stereocenters. The van der Waals surface area contributed by atoms with E-state index in [0.717, 1.165) is 31.7 Å². The number of rotatable bonds is 5. The number of anilines is 1. The largest absolute Gasteiger partial charge is 0.489 e. The van der Waals surface area contributed by atoms with Gasteiger partial charge >= 0.3 is 0 Å². The van der Waals surface area contributed by atoms with Crippen molar-refractivity contribution < 1.29 is 19.0 Å². The number of aliphatic hydroxyl groups excluding tert-OH is 1. The lowest BCUT2D eigenvalue weighted by Crippen LogP contribution is -2.48. The fourth-order valence-electron chi connectivity index (χ4n) is 2.53. The van der Waals surface area contributed by atoms with Gasteiger partial charge in [0.2, 0.25) is 0 Å². The van der Waals surface area contributed by atoms with Crippen LogP contribution in [0.25, 0.3) is 0 Å². The highest BCUT2D eigenvalue weighted by Crippen LogP contribution is 2.35. The van der Waals surface area contributed by atoms with Gasteiger partial charge in [-0.05, 0) is 38.7 Å². The number of carbonyl (C=O) groups excluding carboxylic acids is 1. The predicted octanol–water partition coefficient (Wildman–Crippen LogP) is 2.41. The number of nitrogens with zero attached hydrogens (tertiary/aromatic N) is 1. The molecule has 8 heteroatoms. The van der Waals surface area contributed by atoms with E-state index in [1.165, 1.54) is 13.0 Å². The number of nitrogens with one attached hydrogen (secondary N) is 1. The number of carbonyl (C=O) groups is 1. The summed E-state index contributed by atoms with van der Waals surface area (Å²) in [5, 5.41) is 17.1. The summed E-state index contributed by atoms with van der Waals surface area (Å²) < 4.78 is 20.0. The van der Waals surface area contributed by atoms with Gasteiger partial charge < -0.3 is 9.84 Å². The molecular formula is C15H19ClFN3O3. The topological polar surface area (TPSA) is 99.6 Å². The third kappa shape index (κ3) is 3.99. The Morgan fingerprint density at radius 2 is 2.13 bits per heavy atom. The first-order valence-corrected chi connectivity index (χ1v) is 7.67. The van der Waals surface area contributed by atoms with Gasteiger partial charge in [0.15, 0.2) is 6.35 Å². The summed E-state index contributed by atoms with van der Waals surface area (Å²) in [6, 6.07) is 2.23. The maximum Gasteiger partial charge on any atom is 0.274 e. The highest BCUT2D eigenvalue weighted by molar-refractivity contribution is 6.41. The standard InChI is InChI=1S/C15H19ClFN3O3/c1-8(18)14(21)20(15(19)22)12-7-13(10(16)6-11(12)17)23-9-4-2-3-5-9/h6-7,9,15,18,22H,2-5,19H2,1H3. The number of hydrogen-bond donors (Lipinski definition) is 3. The summed E-state index contributed by atoms with van der Waals surface area (Å²) in [5.74, 6) is -1.53. The maximum atomic E-state index is 14.2. The van der Waals surface area contributed by atoms with Crippen molar-refractivity contribution in [1.82, 2.24) is 0 Å². The lowest BCUT2D eigenvalue weighted by Gasteiger charge is -2.26. The smallest absolute Gasteiger partial charge is 0.274 e. The van der Waals surface area contributed by atoms with E-state index in [9.17, 15) is 14.3 Å². The van der Waals surface area contributed by atoms with Crippen LogP contribution in [0.4, 0.5) is 10.1 Å². The van der Waals surface area contributed by atoms with Crippen molar-refractivity contribution in [2.75, 3.05) is 4.90 Å². The lowest BCUT2D eigenvalue weighted by molar-refractivity contribution is -0.114. The molecular weight excluding hydrogens is 325 g/mol. The molecule has 1 saturated carbocycles. The Morgan fingerprint density at radius 1 is 1.52 bits per heavy atom. The zero-order valence-corrected chi connectivity index (χ0v) is 13.4. The number of aliphatic hydroxyl groups is 1. The minimum absolute atomic E-state index is 0.0118. The summed E-state index contributed by atoms with van der Waals surface area (Å²) in [6.07, 6.45) is 2.06. The number of nitrogens with two attached hydrogens (primary N) is 1. The van der Waals surface area contributed by atoms with Crippen LogP contribution in [-0.4, -0.2) is 29.2 Å². The number of benzene rings is 1. The van der Waals surface area contributed by atoms with Crippen LogP contribution >= 0.6 is 11.6 Å². The summed E-state index contributed by atoms with van der Waals surface area (Å²) in [4.78, 5) is 12.6. The molecule has 0 heterocycles. The van der Waals surface area contributed by atoms with E-state index in [4.69, 9.17) is 27.5 Å². The van der Waals surface area contributed by atoms with Crippen molar-refractivity contribution in [2.24, 2.45) is 5.73 Å². The second kappa shape index (κ2) is 7.25. The van der Waals surface area contributed by atoms with Gasteiger partial charge in [0.05, 0.1) is 22.5 Å². The van der Waals surface area contributed by atoms with Crippen molar-refractivity contribution in [2.45, 2.75) is 45.1 Å². The summed E-state index contributed by atoms with van der Waals surface area (Å²) in [7, 11) is 0. The molecule has 4 N–H and O–H groups in total. The first kappa shape index (κ1) is 17.7. The molecule has 1 aromatic carbocycles. The molecule has 2 rings (SSSR count). The molecule has 1 fully saturated rings. The van der Waals surface area contributed by atoms with Gasteiger partial charge in [-0.1, -0.05) is 11.6 Å². The van der Waals surface area contributed by atoms with Gasteiger partial charge in [0, 0.05) is 6.07 Å². The molecule has 1 aliphatic rings. The fraction of sp³-hybridized carbons (Fsp3) is 0.467. The summed E-state index contributed by atoms with van der Waals surface area (Å²) in [6.45, 7) is 1.22. The van der Waals surface area contributed by atoms with Gasteiger partial charge in [0.1, 0.15) is 11.6 Å². The minimum Gasteiger partial charge on any atom is -0.489 e. The maximum absolute atomic E-state index is 14.2. The van der Waals surface area contributed by atoms with E-state index in [2.05, 4.69) is 0 Å². The fourth-order valence-corrected chi connectivity index (χ4v) is 2.73. The van der Waals surface area contributed by atoms with E-state index in [0.29, 0.717) is 4.90 Å². The molecule has 0 spiro atoms. The van der Waals surface area contributed by atoms with E-state index >= 15 is 0 Å². The lowest BCUT2D eigenvalue weighted by atomic mass is 10.2. The van der Waals surface area contributed by atoms with E-state index in [-0.39, 0.29) is 28.3 Å². The Morgan fingerprint density at radius 3 is 2.65 bits per heavy atom. The van der Waals surface area contributed by atoms with Crippen LogP contribution in [0.3, 0.4) is 0 Å². The molecule has 23 heavy (non-hydrogen) atoms. The molecule has 0 aliphatic heterocycles. The van der Waals surface area contributed by atoms with Gasteiger partial charge in [-0.25, -0.2) is 4.39 Å². The normalized spacial score (nSPS) is 16.2. The monoisotopic (exact) mass is 343 g/mol. The number of halogens is 2. The molecule has 1 amide bonds. The number of amides is 1. The predicted molar refractivity (Wildman–Crippen MR) is 85.4 cm³/mol. The van der Waals surface area contributed by atoms with E-state index < -0.39 is 18.1 Å². The average Bonchev–Trinajstić information content (AvgIpc) is 2.96. The molecule has 0 aromatic heterocycles. The van der Waals surface area contributed by atoms with Crippen LogP contribution in [-0.2, 0) is 4.79 Å². The van der Waals surface area contributed by atoms with Crippen molar-refractivity contribution in [3.05, 3.63) is 23.0 Å². The summed E-state index contributed by atoms with van der Waals surface area (Å²) >= 11 is 6.00. The van der Waals surface area contributed by atoms with Gasteiger partial charge in [-0.2, -0.15) is 0 Å². The third-order valence-corrected chi connectivity index (χ3v) is 3.96. The Balaban J connectivity index is 2.39. The zero-order chi connectivity index (χ0) is 17.1. The van der Waals surface area contributed by atoms with Crippen LogP contribution in [0.1, 0.15) is 32.6 Å². The Bertz CT molecular complexity index is 618. The van der Waals surface area contributed by atoms with Gasteiger partial charge in [-0.15, -0.1) is 0 Å². The minimum atomic E-state index is -1.79. The highest BCUT2D eigenvalue weighted by atomic mass is 35.5. The molecule has 126 valence electrons. The number of ether oxygens (including phenoxy) is 1. The second-order valence-electron chi connectivity index (χ2n) is 5.47. The van der Waals surface area contributed by atoms with Crippen LogP contribution in [0, 0.1) is 11.2 Å². The molecule has 1 aromatic rings. The average molecular weight is 344 g/mol. The van der Waals surface area contributed by atoms with Gasteiger partial charge in [0.25, 0.3) is 5.91 Å². The van der Waals surface area contributed by atoms with E-state index in [1.54, 1.807) is 0 Å². The van der Waals surface area contributed by atoms with Crippen LogP contribution in [0.15, 0.2) is 12.1 Å². The van der Waals surface area contributed by atoms with Gasteiger partial charge in [-0.3, -0.25) is 20.8 Å². The van der Waals surface area contributed by atoms with Crippen molar-refractivity contribution in [3.8, 4) is 5.75 Å². The first-order chi connectivity index (χ1) is 10.8. The van der Waals surface area contributed by atoms with Crippen molar-refractivity contribution in [3.63, 3.8) is 0 Å². The Labute approximate surface area is 138 Å². The highest BCUT2D eigenvalue weighted by Gasteiger charge is 2.27. The third-order valence-electron chi connectivity index (χ3n) is 3.66. The Hall–Kier alpha value is -1.70. The van der Waals surface area contributed by atoms with Crippen LogP contribution in [0.2, 0.25) is 5.02 Å². The molecule has 0 bridgehead atoms. The van der Waals surface area contributed by atoms with E-state index in [1.807, 2.05) is 0 Å². The molecule has 1 unspecified atom stereocenters. The second-order valence-corrected chi connectivity index (χ2v) is 5.88. The molecule has 6 nitrogen and oxygen atoms in total. The van der Waals surface area contributed by atoms with Crippen molar-refractivity contribution in [1.29, 1.82) is 5.41 Å². The quantitative estimate of drug-likeness (QED) is 0.564. The summed E-state index contributed by atoms with van der Waals surface area (Å²) in [5.41, 5.74) is 4.68. The molecule has 0 saturated heterocycles. The SMILES string of the molecule is CC(=N)C(=O)N(c1cc(OC2CCCC2)c(Cl)cc1F)C(N)O. The zero-order valence-electron chi connectivity index (χ0n) is 12.7. The molecule has 0 radical (unpaired) electrons. The van der Waals surface area contributed by atoms with Crippen LogP contribution in [0.5, 0.6) is 5.75 Å². The number of hydrogen-bond acceptors (Lipinski definition) is 5. The first-order valence-electron chi connectivity index (χ1n) is 7.29.